The summed E-state index contributed by atoms with van der Waals surface area (Å²) in [5.41, 5.74) is 2.23. The molecule has 2 aliphatic rings. The zero-order valence-corrected chi connectivity index (χ0v) is 15.3. The minimum atomic E-state index is -0.515. The van der Waals surface area contributed by atoms with Crippen LogP contribution in [0.25, 0.3) is 11.6 Å². The van der Waals surface area contributed by atoms with Crippen LogP contribution in [0.1, 0.15) is 25.1 Å². The topological polar surface area (TPSA) is 83.7 Å². The molecule has 0 spiro atoms. The molecule has 2 aromatic rings. The Bertz CT molecular complexity index is 747. The number of ether oxygens (including phenoxy) is 1. The van der Waals surface area contributed by atoms with Crippen LogP contribution in [-0.4, -0.2) is 59.6 Å². The molecular weight excluding hydrogens is 332 g/mol. The third-order valence-corrected chi connectivity index (χ3v) is 4.89. The summed E-state index contributed by atoms with van der Waals surface area (Å²) in [5, 5.41) is 13.9. The van der Waals surface area contributed by atoms with Crippen LogP contribution in [0.3, 0.4) is 0 Å². The second-order valence-electron chi connectivity index (χ2n) is 7.22. The van der Waals surface area contributed by atoms with Crippen LogP contribution < -0.4 is 10.2 Å². The van der Waals surface area contributed by atoms with Crippen molar-refractivity contribution >= 4 is 5.82 Å². The van der Waals surface area contributed by atoms with Gasteiger partial charge in [-0.05, 0) is 38.9 Å². The van der Waals surface area contributed by atoms with E-state index in [1.165, 1.54) is 5.56 Å². The Labute approximate surface area is 153 Å². The van der Waals surface area contributed by atoms with E-state index in [4.69, 9.17) is 19.1 Å². The molecule has 26 heavy (non-hydrogen) atoms. The molecule has 0 saturated carbocycles. The quantitative estimate of drug-likeness (QED) is 0.855. The molecule has 2 N–H and O–H groups in total. The molecule has 2 atom stereocenters. The van der Waals surface area contributed by atoms with Gasteiger partial charge in [-0.25, -0.2) is 9.97 Å². The first-order valence-corrected chi connectivity index (χ1v) is 9.34. The fraction of sp³-hybridized carbons (Fsp3) is 0.579. The molecule has 0 aromatic carbocycles. The van der Waals surface area contributed by atoms with Crippen molar-refractivity contribution in [3.8, 4) is 11.6 Å². The zero-order chi connectivity index (χ0) is 18.1. The highest BCUT2D eigenvalue weighted by Crippen LogP contribution is 2.30. The molecule has 2 aliphatic heterocycles. The first-order valence-electron chi connectivity index (χ1n) is 9.34. The number of fused-ring (bicyclic) bond motifs is 1. The standard InChI is InChI=1S/C19H26N4O3/c1-12(2)26-17-11-23(10-15(17)24)19-13-5-7-20-8-6-14(13)21-18(22-19)16-4-3-9-25-16/h3-4,9,12,15,17,20,24H,5-8,10-11H2,1-2H3/t15-,17-/m1/s1. The minimum absolute atomic E-state index is 0.0833. The van der Waals surface area contributed by atoms with Crippen molar-refractivity contribution in [1.82, 2.24) is 15.3 Å². The lowest BCUT2D eigenvalue weighted by atomic mass is 10.1. The van der Waals surface area contributed by atoms with Crippen LogP contribution in [0.15, 0.2) is 22.8 Å². The molecule has 2 aromatic heterocycles. The maximum Gasteiger partial charge on any atom is 0.197 e. The van der Waals surface area contributed by atoms with E-state index >= 15 is 0 Å². The molecule has 0 amide bonds. The van der Waals surface area contributed by atoms with E-state index < -0.39 is 6.10 Å². The van der Waals surface area contributed by atoms with Crippen LogP contribution in [0, 0.1) is 0 Å². The summed E-state index contributed by atoms with van der Waals surface area (Å²) < 4.78 is 11.4. The molecule has 7 nitrogen and oxygen atoms in total. The molecule has 0 bridgehead atoms. The van der Waals surface area contributed by atoms with Gasteiger partial charge in [0.25, 0.3) is 0 Å². The first kappa shape index (κ1) is 17.5. The molecule has 140 valence electrons. The number of hydrogen-bond donors (Lipinski definition) is 2. The Hall–Kier alpha value is -1.96. The Morgan fingerprint density at radius 2 is 2.12 bits per heavy atom. The number of furan rings is 1. The fourth-order valence-electron chi connectivity index (χ4n) is 3.72. The Morgan fingerprint density at radius 3 is 2.88 bits per heavy atom. The second kappa shape index (κ2) is 7.34. The van der Waals surface area contributed by atoms with Gasteiger partial charge in [-0.3, -0.25) is 0 Å². The summed E-state index contributed by atoms with van der Waals surface area (Å²) in [6.07, 6.45) is 2.75. The number of nitrogens with one attached hydrogen (secondary N) is 1. The molecule has 0 aliphatic carbocycles. The predicted molar refractivity (Wildman–Crippen MR) is 98.2 cm³/mol. The summed E-state index contributed by atoms with van der Waals surface area (Å²) >= 11 is 0. The summed E-state index contributed by atoms with van der Waals surface area (Å²) in [5.74, 6) is 2.17. The third kappa shape index (κ3) is 3.47. The average Bonchev–Trinajstić information content (AvgIpc) is 3.19. The van der Waals surface area contributed by atoms with E-state index in [-0.39, 0.29) is 12.2 Å². The van der Waals surface area contributed by atoms with Gasteiger partial charge >= 0.3 is 0 Å². The minimum Gasteiger partial charge on any atom is -0.461 e. The lowest BCUT2D eigenvalue weighted by Crippen LogP contribution is -2.29. The maximum atomic E-state index is 10.4. The average molecular weight is 358 g/mol. The Kier molecular flexibility index (Phi) is 4.93. The molecular formula is C19H26N4O3. The number of aliphatic hydroxyl groups is 1. The van der Waals surface area contributed by atoms with Crippen molar-refractivity contribution in [1.29, 1.82) is 0 Å². The van der Waals surface area contributed by atoms with Crippen molar-refractivity contribution in [3.63, 3.8) is 0 Å². The van der Waals surface area contributed by atoms with Gasteiger partial charge in [0.1, 0.15) is 11.9 Å². The van der Waals surface area contributed by atoms with E-state index in [0.717, 1.165) is 37.4 Å². The molecule has 1 saturated heterocycles. The summed E-state index contributed by atoms with van der Waals surface area (Å²) in [4.78, 5) is 11.7. The molecule has 0 unspecified atom stereocenters. The second-order valence-corrected chi connectivity index (χ2v) is 7.22. The van der Waals surface area contributed by atoms with E-state index in [1.807, 2.05) is 26.0 Å². The van der Waals surface area contributed by atoms with Gasteiger partial charge in [0.15, 0.2) is 11.6 Å². The normalized spacial score (nSPS) is 23.3. The SMILES string of the molecule is CC(C)O[C@@H]1CN(c2nc(-c3ccco3)nc3c2CCNCC3)C[C@H]1O. The number of β-amino-alcohol motifs (C(OH)–C–C–N with tert-alkyl or cyclic N) is 1. The number of hydrogen-bond acceptors (Lipinski definition) is 7. The van der Waals surface area contributed by atoms with Crippen LogP contribution in [0.2, 0.25) is 0 Å². The number of rotatable bonds is 4. The number of aromatic nitrogens is 2. The van der Waals surface area contributed by atoms with Crippen molar-refractivity contribution < 1.29 is 14.3 Å². The van der Waals surface area contributed by atoms with E-state index in [2.05, 4.69) is 10.2 Å². The van der Waals surface area contributed by atoms with Crippen molar-refractivity contribution in [2.24, 2.45) is 0 Å². The van der Waals surface area contributed by atoms with Crippen LogP contribution >= 0.6 is 0 Å². The van der Waals surface area contributed by atoms with Crippen molar-refractivity contribution in [3.05, 3.63) is 29.7 Å². The van der Waals surface area contributed by atoms with Crippen LogP contribution in [-0.2, 0) is 17.6 Å². The molecule has 4 rings (SSSR count). The summed E-state index contributed by atoms with van der Waals surface area (Å²) in [7, 11) is 0. The van der Waals surface area contributed by atoms with Gasteiger partial charge in [-0.1, -0.05) is 0 Å². The molecule has 7 heteroatoms. The predicted octanol–water partition coefficient (Wildman–Crippen LogP) is 1.40. The molecule has 1 fully saturated rings. The van der Waals surface area contributed by atoms with Gasteiger partial charge < -0.3 is 24.5 Å². The number of nitrogens with zero attached hydrogens (tertiary/aromatic N) is 3. The van der Waals surface area contributed by atoms with Crippen LogP contribution in [0.4, 0.5) is 5.82 Å². The fourth-order valence-corrected chi connectivity index (χ4v) is 3.72. The Morgan fingerprint density at radius 1 is 1.27 bits per heavy atom. The first-order chi connectivity index (χ1) is 12.6. The summed E-state index contributed by atoms with van der Waals surface area (Å²) in [6.45, 7) is 6.95. The van der Waals surface area contributed by atoms with E-state index in [0.29, 0.717) is 24.7 Å². The van der Waals surface area contributed by atoms with Crippen molar-refractivity contribution in [2.45, 2.75) is 45.0 Å². The zero-order valence-electron chi connectivity index (χ0n) is 15.3. The molecule has 4 heterocycles. The highest BCUT2D eigenvalue weighted by Gasteiger charge is 2.35. The number of anilines is 1. The number of aliphatic hydroxyl groups excluding tert-OH is 1. The van der Waals surface area contributed by atoms with Gasteiger partial charge in [-0.2, -0.15) is 0 Å². The lowest BCUT2D eigenvalue weighted by molar-refractivity contribution is -0.0386. The highest BCUT2D eigenvalue weighted by atomic mass is 16.5. The molecule has 0 radical (unpaired) electrons. The lowest BCUT2D eigenvalue weighted by Gasteiger charge is -2.22. The maximum absolute atomic E-state index is 10.4. The summed E-state index contributed by atoms with van der Waals surface area (Å²) in [6, 6.07) is 3.72. The van der Waals surface area contributed by atoms with E-state index in [1.54, 1.807) is 6.26 Å². The van der Waals surface area contributed by atoms with Gasteiger partial charge in [0.2, 0.25) is 0 Å². The van der Waals surface area contributed by atoms with Gasteiger partial charge in [0.05, 0.1) is 24.2 Å². The largest absolute Gasteiger partial charge is 0.461 e. The smallest absolute Gasteiger partial charge is 0.197 e. The van der Waals surface area contributed by atoms with E-state index in [9.17, 15) is 5.11 Å². The van der Waals surface area contributed by atoms with Crippen LogP contribution in [0.5, 0.6) is 0 Å². The highest BCUT2D eigenvalue weighted by molar-refractivity contribution is 5.58. The monoisotopic (exact) mass is 358 g/mol. The van der Waals surface area contributed by atoms with Gasteiger partial charge in [0, 0.05) is 31.6 Å². The third-order valence-electron chi connectivity index (χ3n) is 4.89. The Balaban J connectivity index is 1.71. The van der Waals surface area contributed by atoms with Gasteiger partial charge in [-0.15, -0.1) is 0 Å². The van der Waals surface area contributed by atoms with Crippen molar-refractivity contribution in [2.75, 3.05) is 31.1 Å².